The van der Waals surface area contributed by atoms with Crippen LogP contribution < -0.4 is 10.6 Å². The van der Waals surface area contributed by atoms with E-state index in [1.54, 1.807) is 18.2 Å². The molecule has 3 rings (SSSR count). The molecule has 5 nitrogen and oxygen atoms in total. The fourth-order valence-corrected chi connectivity index (χ4v) is 3.75. The van der Waals surface area contributed by atoms with Crippen molar-refractivity contribution in [2.45, 2.75) is 18.9 Å². The highest BCUT2D eigenvalue weighted by atomic mass is 79.9. The van der Waals surface area contributed by atoms with Crippen molar-refractivity contribution in [3.8, 4) is 0 Å². The number of carbonyl (C=O) groups is 2. The van der Waals surface area contributed by atoms with Crippen molar-refractivity contribution >= 4 is 27.7 Å². The predicted octanol–water partition coefficient (Wildman–Crippen LogP) is 3.13. The first-order valence-electron chi connectivity index (χ1n) is 9.23. The molecule has 2 amide bonds. The van der Waals surface area contributed by atoms with Crippen molar-refractivity contribution in [2.24, 2.45) is 0 Å². The van der Waals surface area contributed by atoms with Gasteiger partial charge in [-0.2, -0.15) is 0 Å². The topological polar surface area (TPSA) is 61.4 Å². The van der Waals surface area contributed by atoms with Gasteiger partial charge in [0.25, 0.3) is 5.91 Å². The second-order valence-corrected chi connectivity index (χ2v) is 7.58. The van der Waals surface area contributed by atoms with Crippen LogP contribution in [0.2, 0.25) is 0 Å². The third-order valence-corrected chi connectivity index (χ3v) is 5.25. The van der Waals surface area contributed by atoms with Crippen LogP contribution in [0.25, 0.3) is 0 Å². The number of likely N-dealkylation sites (tertiary alicyclic amines) is 1. The van der Waals surface area contributed by atoms with Crippen LogP contribution in [0, 0.1) is 0 Å². The van der Waals surface area contributed by atoms with Crippen molar-refractivity contribution in [1.82, 2.24) is 15.5 Å². The predicted molar refractivity (Wildman–Crippen MR) is 109 cm³/mol. The van der Waals surface area contributed by atoms with E-state index in [0.717, 1.165) is 17.6 Å². The first kappa shape index (κ1) is 19.6. The molecule has 2 aromatic rings. The van der Waals surface area contributed by atoms with Gasteiger partial charge in [0.2, 0.25) is 5.91 Å². The first-order chi connectivity index (χ1) is 13.1. The number of hydrogen-bond donors (Lipinski definition) is 2. The lowest BCUT2D eigenvalue weighted by Gasteiger charge is -2.28. The Labute approximate surface area is 168 Å². The molecule has 1 aliphatic heterocycles. The van der Waals surface area contributed by atoms with E-state index in [-0.39, 0.29) is 24.4 Å². The maximum absolute atomic E-state index is 12.2. The van der Waals surface area contributed by atoms with Crippen LogP contribution >= 0.6 is 15.9 Å². The summed E-state index contributed by atoms with van der Waals surface area (Å²) in [6, 6.07) is 17.5. The summed E-state index contributed by atoms with van der Waals surface area (Å²) in [5, 5.41) is 5.65. The van der Waals surface area contributed by atoms with Crippen LogP contribution in [0.5, 0.6) is 0 Å². The van der Waals surface area contributed by atoms with Crippen LogP contribution in [0.4, 0.5) is 0 Å². The lowest BCUT2D eigenvalue weighted by molar-refractivity contribution is -0.120. The molecule has 0 aromatic heterocycles. The van der Waals surface area contributed by atoms with E-state index in [2.05, 4.69) is 43.6 Å². The van der Waals surface area contributed by atoms with Crippen molar-refractivity contribution < 1.29 is 9.59 Å². The van der Waals surface area contributed by atoms with E-state index in [4.69, 9.17) is 0 Å². The summed E-state index contributed by atoms with van der Waals surface area (Å²) in [6.07, 6.45) is 2.39. The molecule has 0 aliphatic carbocycles. The standard InChI is InChI=1S/C21H24BrN3O2/c22-18-10-6-9-17(13-18)21(27)24-15-20(26)23-14-19(25-11-4-5-12-25)16-7-2-1-3-8-16/h1-3,6-10,13,19H,4-5,11-12,14-15H2,(H,23,26)(H,24,27). The second kappa shape index (κ2) is 9.67. The molecule has 6 heteroatoms. The molecule has 0 spiro atoms. The summed E-state index contributed by atoms with van der Waals surface area (Å²) in [7, 11) is 0. The van der Waals surface area contributed by atoms with Crippen LogP contribution in [0.1, 0.15) is 34.8 Å². The Morgan fingerprint density at radius 3 is 2.44 bits per heavy atom. The van der Waals surface area contributed by atoms with E-state index in [1.165, 1.54) is 18.4 Å². The molecule has 1 atom stereocenters. The third kappa shape index (κ3) is 5.65. The summed E-state index contributed by atoms with van der Waals surface area (Å²) < 4.78 is 0.830. The van der Waals surface area contributed by atoms with Gasteiger partial charge >= 0.3 is 0 Å². The van der Waals surface area contributed by atoms with Gasteiger partial charge in [-0.25, -0.2) is 0 Å². The minimum Gasteiger partial charge on any atom is -0.353 e. The maximum atomic E-state index is 12.2. The van der Waals surface area contributed by atoms with Gasteiger partial charge in [-0.1, -0.05) is 52.3 Å². The summed E-state index contributed by atoms with van der Waals surface area (Å²) in [4.78, 5) is 26.8. The number of nitrogens with one attached hydrogen (secondary N) is 2. The van der Waals surface area contributed by atoms with Gasteiger partial charge in [0.1, 0.15) is 0 Å². The van der Waals surface area contributed by atoms with Crippen molar-refractivity contribution in [2.75, 3.05) is 26.2 Å². The molecular formula is C21H24BrN3O2. The summed E-state index contributed by atoms with van der Waals surface area (Å²) in [6.45, 7) is 2.60. The molecule has 2 aromatic carbocycles. The van der Waals surface area contributed by atoms with Gasteiger partial charge in [0.05, 0.1) is 12.6 Å². The number of rotatable bonds is 7. The molecule has 2 N–H and O–H groups in total. The quantitative estimate of drug-likeness (QED) is 0.710. The minimum atomic E-state index is -0.259. The van der Waals surface area contributed by atoms with Gasteiger partial charge in [-0.3, -0.25) is 14.5 Å². The van der Waals surface area contributed by atoms with Gasteiger partial charge in [-0.15, -0.1) is 0 Å². The van der Waals surface area contributed by atoms with Crippen LogP contribution in [-0.2, 0) is 4.79 Å². The van der Waals surface area contributed by atoms with Gasteiger partial charge in [-0.05, 0) is 49.7 Å². The number of nitrogens with zero attached hydrogens (tertiary/aromatic N) is 1. The van der Waals surface area contributed by atoms with Gasteiger partial charge in [0, 0.05) is 16.6 Å². The zero-order valence-corrected chi connectivity index (χ0v) is 16.7. The highest BCUT2D eigenvalue weighted by Gasteiger charge is 2.23. The molecule has 0 bridgehead atoms. The summed E-state index contributed by atoms with van der Waals surface area (Å²) >= 11 is 3.34. The molecule has 1 aliphatic rings. The average molecular weight is 430 g/mol. The van der Waals surface area contributed by atoms with Crippen molar-refractivity contribution in [1.29, 1.82) is 0 Å². The molecule has 1 fully saturated rings. The lowest BCUT2D eigenvalue weighted by atomic mass is 10.1. The Balaban J connectivity index is 1.52. The van der Waals surface area contributed by atoms with Crippen LogP contribution in [0.15, 0.2) is 59.1 Å². The Kier molecular flexibility index (Phi) is 7.01. The van der Waals surface area contributed by atoms with Crippen LogP contribution in [0.3, 0.4) is 0 Å². The fourth-order valence-electron chi connectivity index (χ4n) is 3.35. The number of amides is 2. The maximum Gasteiger partial charge on any atom is 0.251 e. The summed E-state index contributed by atoms with van der Waals surface area (Å²) in [5.41, 5.74) is 1.73. The third-order valence-electron chi connectivity index (χ3n) is 4.75. The second-order valence-electron chi connectivity index (χ2n) is 6.67. The van der Waals surface area contributed by atoms with E-state index in [9.17, 15) is 9.59 Å². The Bertz CT molecular complexity index is 776. The van der Waals surface area contributed by atoms with E-state index >= 15 is 0 Å². The highest BCUT2D eigenvalue weighted by molar-refractivity contribution is 9.10. The molecule has 1 heterocycles. The fraction of sp³-hybridized carbons (Fsp3) is 0.333. The highest BCUT2D eigenvalue weighted by Crippen LogP contribution is 2.24. The Morgan fingerprint density at radius 2 is 1.74 bits per heavy atom. The number of halogens is 1. The smallest absolute Gasteiger partial charge is 0.251 e. The normalized spacial score (nSPS) is 15.3. The van der Waals surface area contributed by atoms with Gasteiger partial charge < -0.3 is 10.6 Å². The van der Waals surface area contributed by atoms with Crippen LogP contribution in [-0.4, -0.2) is 42.9 Å². The van der Waals surface area contributed by atoms with Crippen molar-refractivity contribution in [3.63, 3.8) is 0 Å². The first-order valence-corrected chi connectivity index (χ1v) is 10.0. The molecular weight excluding hydrogens is 406 g/mol. The van der Waals surface area contributed by atoms with E-state index in [0.29, 0.717) is 12.1 Å². The zero-order chi connectivity index (χ0) is 19.1. The Hall–Kier alpha value is -2.18. The number of benzene rings is 2. The monoisotopic (exact) mass is 429 g/mol. The molecule has 142 valence electrons. The Morgan fingerprint density at radius 1 is 1.00 bits per heavy atom. The number of carbonyl (C=O) groups excluding carboxylic acids is 2. The van der Waals surface area contributed by atoms with Gasteiger partial charge in [0.15, 0.2) is 0 Å². The molecule has 0 radical (unpaired) electrons. The van der Waals surface area contributed by atoms with E-state index in [1.807, 2.05) is 24.3 Å². The average Bonchev–Trinajstić information content (AvgIpc) is 3.21. The largest absolute Gasteiger partial charge is 0.353 e. The molecule has 1 unspecified atom stereocenters. The lowest BCUT2D eigenvalue weighted by Crippen LogP contribution is -2.41. The van der Waals surface area contributed by atoms with E-state index < -0.39 is 0 Å². The van der Waals surface area contributed by atoms with Crippen molar-refractivity contribution in [3.05, 3.63) is 70.2 Å². The minimum absolute atomic E-state index is 0.0349. The molecule has 0 saturated carbocycles. The molecule has 1 saturated heterocycles. The zero-order valence-electron chi connectivity index (χ0n) is 15.2. The molecule has 27 heavy (non-hydrogen) atoms. The number of hydrogen-bond acceptors (Lipinski definition) is 3. The summed E-state index contributed by atoms with van der Waals surface area (Å²) in [5.74, 6) is -0.441. The SMILES string of the molecule is O=C(CNC(=O)c1cccc(Br)c1)NCC(c1ccccc1)N1CCCC1.